The van der Waals surface area contributed by atoms with Crippen LogP contribution < -0.4 is 36.9 Å². The van der Waals surface area contributed by atoms with Crippen LogP contribution in [0.15, 0.2) is 69.2 Å². The third kappa shape index (κ3) is 14.6. The van der Waals surface area contributed by atoms with Gasteiger partial charge in [-0.2, -0.15) is 4.73 Å². The van der Waals surface area contributed by atoms with Gasteiger partial charge in [0.05, 0.1) is 48.8 Å². The van der Waals surface area contributed by atoms with E-state index < -0.39 is 153 Å². The number of primary amides is 1. The minimum Gasteiger partial charge on any atom is -0.506 e. The molecule has 6 amide bonds. The number of hydrogen-bond donors (Lipinski definition) is 10. The lowest BCUT2D eigenvalue weighted by atomic mass is 9.85. The van der Waals surface area contributed by atoms with Crippen molar-refractivity contribution in [3.8, 4) is 38.4 Å². The number of aliphatic hydroxyl groups excluding tert-OH is 1. The molecule has 0 aliphatic carbocycles. The highest BCUT2D eigenvalue weighted by Gasteiger charge is 2.50. The van der Waals surface area contributed by atoms with E-state index in [0.29, 0.717) is 0 Å². The van der Waals surface area contributed by atoms with E-state index in [1.54, 1.807) is 45.0 Å². The average molecular weight is 1520 g/mol. The van der Waals surface area contributed by atoms with Gasteiger partial charge in [0.25, 0.3) is 29.5 Å². The fourth-order valence-corrected chi connectivity index (χ4v) is 16.5. The molecule has 0 radical (unpaired) electrons. The van der Waals surface area contributed by atoms with Crippen molar-refractivity contribution in [3.63, 3.8) is 0 Å². The molecule has 8 aromatic rings. The minimum absolute atomic E-state index is 0.0110. The van der Waals surface area contributed by atoms with Crippen LogP contribution in [0, 0.1) is 0 Å². The fraction of sp³-hybridized carbons (Fsp3) is 0.355. The van der Waals surface area contributed by atoms with E-state index in [0.717, 1.165) is 68.5 Å². The first-order chi connectivity index (χ1) is 48.6. The molecule has 40 heteroatoms. The summed E-state index contributed by atoms with van der Waals surface area (Å²) in [6.45, 7) is 7.58. The Bertz CT molecular complexity index is 4710. The number of amides is 6. The van der Waals surface area contributed by atoms with Crippen molar-refractivity contribution in [2.75, 3.05) is 34.9 Å². The van der Waals surface area contributed by atoms with Gasteiger partial charge in [-0.15, -0.1) is 56.7 Å². The number of thiazole rings is 5. The molecular formula is C62H63N14O20PS5. The number of carbonyl (C=O) groups excluding carboxylic acids is 8. The average Bonchev–Trinajstić information content (AvgIpc) is 1.68. The van der Waals surface area contributed by atoms with Crippen molar-refractivity contribution < 1.29 is 96.1 Å². The van der Waals surface area contributed by atoms with Crippen LogP contribution in [0.1, 0.15) is 125 Å². The number of nitrogens with zero attached hydrogens (tertiary/aromatic N) is 8. The molecule has 11 atom stereocenters. The predicted octanol–water partition coefficient (Wildman–Crippen LogP) is 3.95. The maximum atomic E-state index is 15.5. The number of methoxy groups -OCH3 is 1. The van der Waals surface area contributed by atoms with Gasteiger partial charge in [0.2, 0.25) is 5.91 Å². The molecule has 1 saturated heterocycles. The summed E-state index contributed by atoms with van der Waals surface area (Å²) >= 11 is 4.42. The molecule has 4 aliphatic rings. The van der Waals surface area contributed by atoms with Gasteiger partial charge in [0.1, 0.15) is 120 Å². The Balaban J connectivity index is 1.06. The smallest absolute Gasteiger partial charge is 0.414 e. The number of carbonyl (C=O) groups is 8. The summed E-state index contributed by atoms with van der Waals surface area (Å²) in [5.74, 6) is -8.38. The number of allylic oxidation sites excluding steroid dienone is 1. The van der Waals surface area contributed by atoms with Crippen molar-refractivity contribution in [1.29, 1.82) is 0 Å². The Kier molecular flexibility index (Phi) is 21.1. The molecule has 536 valence electrons. The number of aliphatic hydroxyl groups is 2. The minimum atomic E-state index is -2.81. The summed E-state index contributed by atoms with van der Waals surface area (Å²) in [5.41, 5.74) is 1.98. The zero-order valence-electron chi connectivity index (χ0n) is 54.9. The summed E-state index contributed by atoms with van der Waals surface area (Å²) in [6.07, 6.45) is -7.70. The molecule has 34 nitrogen and oxygen atoms in total. The molecule has 12 rings (SSSR count). The maximum absolute atomic E-state index is 15.5. The molecule has 0 spiro atoms. The van der Waals surface area contributed by atoms with Gasteiger partial charge in [-0.25, -0.2) is 39.5 Å². The van der Waals surface area contributed by atoms with Gasteiger partial charge >= 0.3 is 20.5 Å². The van der Waals surface area contributed by atoms with Gasteiger partial charge in [-0.05, 0) is 59.5 Å². The molecule has 1 aromatic carbocycles. The molecule has 102 heavy (non-hydrogen) atoms. The topological polar surface area (TPSA) is 463 Å². The number of pyridine rings is 1. The number of benzene rings is 1. The second-order valence-electron chi connectivity index (χ2n) is 23.8. The van der Waals surface area contributed by atoms with Gasteiger partial charge in [-0.1, -0.05) is 18.7 Å². The van der Waals surface area contributed by atoms with Gasteiger partial charge in [0.15, 0.2) is 18.1 Å². The number of aromatic nitrogens is 7. The maximum Gasteiger partial charge on any atom is 0.414 e. The number of aromatic hydroxyl groups is 1. The molecular weight excluding hydrogens is 1450 g/mol. The van der Waals surface area contributed by atoms with Crippen molar-refractivity contribution in [3.05, 3.63) is 124 Å². The molecule has 7 aromatic heterocycles. The standard InChI is InChI=1S/C62H63N14O20PS5/c1-23(49(63)79)64-50(80)32-20-101-58(69-32)43-37(78)13-28-42(71-43)31-18-99-56(66-31)30-17-93-60(85)45-29-16-91-46(47(95-38-14-62(5,87)48(75(6)7)26(4)94-38)61(86)92-15-27-11-10-12-36(39(27)29)76(45)96-97(88)90-9)44(59-70-33(21-102-59)51(81)65-30)74-53(83)35-22-100-57(68-35)41(25(3)89-8)73-54(84)40(24(2)77)72-52(82)34-19-98-55(28)67-34/h10-13,18-22,24,26,30,38,40,44,46-48,77-78,87-88H,1,14-17H2,2-9H3,(H2,63,79)(H,64,80)(H,65,81)(H,72,82)(H,73,84)(H,74,83). The van der Waals surface area contributed by atoms with Crippen molar-refractivity contribution >= 4 is 129 Å². The molecule has 11 unspecified atom stereocenters. The van der Waals surface area contributed by atoms with Crippen molar-refractivity contribution in [1.82, 2.24) is 66.1 Å². The zero-order chi connectivity index (χ0) is 72.9. The highest BCUT2D eigenvalue weighted by atomic mass is 32.1. The first-order valence-electron chi connectivity index (χ1n) is 30.6. The number of hydrogen-bond acceptors (Lipinski definition) is 32. The zero-order valence-corrected chi connectivity index (χ0v) is 59.9. The quantitative estimate of drug-likeness (QED) is 0.0358. The lowest BCUT2D eigenvalue weighted by molar-refractivity contribution is -0.280. The Labute approximate surface area is 598 Å². The van der Waals surface area contributed by atoms with E-state index in [1.807, 2.05) is 0 Å². The summed E-state index contributed by atoms with van der Waals surface area (Å²) in [4.78, 5) is 156. The molecule has 11 heterocycles. The number of fused-ring (bicyclic) bond motifs is 15. The van der Waals surface area contributed by atoms with Crippen LogP contribution in [0.4, 0.5) is 0 Å². The summed E-state index contributed by atoms with van der Waals surface area (Å²) in [6, 6.07) is 0.584. The van der Waals surface area contributed by atoms with Gasteiger partial charge in [-0.3, -0.25) is 28.8 Å². The number of cyclic esters (lactones) is 2. The Morgan fingerprint density at radius 2 is 1.53 bits per heavy atom. The molecule has 4 aliphatic heterocycles. The highest BCUT2D eigenvalue weighted by molar-refractivity contribution is 7.40. The summed E-state index contributed by atoms with van der Waals surface area (Å²) in [5, 5.41) is 55.3. The van der Waals surface area contributed by atoms with E-state index in [-0.39, 0.29) is 110 Å². The number of nitrogens with one attached hydrogen (secondary N) is 5. The number of esters is 2. The lowest BCUT2D eigenvalue weighted by Gasteiger charge is -2.48. The molecule has 1 fully saturated rings. The Morgan fingerprint density at radius 1 is 0.863 bits per heavy atom. The number of nitrogens with two attached hydrogens (primary N) is 1. The number of likely N-dealkylation sites (N-methyl/N-ethyl adjacent to an activating group) is 1. The summed E-state index contributed by atoms with van der Waals surface area (Å²) in [7, 11) is 3.17. The van der Waals surface area contributed by atoms with Crippen molar-refractivity contribution in [2.45, 2.75) is 108 Å². The third-order valence-corrected chi connectivity index (χ3v) is 21.7. The van der Waals surface area contributed by atoms with Crippen LogP contribution in [0.3, 0.4) is 0 Å². The molecule has 0 saturated carbocycles. The van der Waals surface area contributed by atoms with Crippen LogP contribution in [0.2, 0.25) is 0 Å². The fourth-order valence-electron chi connectivity index (χ4n) is 11.9. The van der Waals surface area contributed by atoms with Gasteiger partial charge < -0.3 is 95.0 Å². The third-order valence-electron chi connectivity index (χ3n) is 16.6. The molecule has 11 N–H and O–H groups in total. The van der Waals surface area contributed by atoms with Crippen LogP contribution in [-0.4, -0.2) is 190 Å². The first-order valence-corrected chi connectivity index (χ1v) is 36.2. The monoisotopic (exact) mass is 1510 g/mol. The van der Waals surface area contributed by atoms with E-state index in [4.69, 9.17) is 58.3 Å². The van der Waals surface area contributed by atoms with Crippen LogP contribution in [-0.2, 0) is 60.5 Å². The number of ether oxygens (including phenoxy) is 6. The van der Waals surface area contributed by atoms with Crippen LogP contribution in [0.25, 0.3) is 49.3 Å². The predicted molar refractivity (Wildman–Crippen MR) is 366 cm³/mol. The lowest BCUT2D eigenvalue weighted by Crippen LogP contribution is -2.62. The van der Waals surface area contributed by atoms with E-state index >= 15 is 19.2 Å². The van der Waals surface area contributed by atoms with Crippen molar-refractivity contribution in [2.24, 2.45) is 5.73 Å². The van der Waals surface area contributed by atoms with E-state index in [1.165, 1.54) is 60.0 Å². The second-order valence-corrected chi connectivity index (χ2v) is 29.2. The summed E-state index contributed by atoms with van der Waals surface area (Å²) < 4.78 is 50.2. The number of rotatable bonds is 12. The van der Waals surface area contributed by atoms with Gasteiger partial charge in [0, 0.05) is 56.9 Å². The first kappa shape index (κ1) is 72.6. The van der Waals surface area contributed by atoms with E-state index in [2.05, 4.69) is 48.1 Å². The Hall–Kier alpha value is -9.19. The van der Waals surface area contributed by atoms with E-state index in [9.17, 15) is 39.4 Å². The SMILES string of the molecule is C=C(NC(=O)c1csc(-c2nc3c(cc2O)-c2nc(cs2)C(=O)NC(C(C)O)C(=O)NC(=C(C)OC)c2nc(cs2)C(=O)NC2c4nc(cs4)C(=O)NC(COC(=O)c4c5c6c(cccc6n4OP(O)OC)COC(=O)C(OC4CC(C)(O)C(N(C)C)C(C)O4)C2OC5)c2nc-3cs2)n1)C(N)=O. The van der Waals surface area contributed by atoms with Crippen LogP contribution in [0.5, 0.6) is 5.75 Å². The largest absolute Gasteiger partial charge is 0.506 e. The normalized spacial score (nSPS) is 23.8. The second kappa shape index (κ2) is 29.6. The van der Waals surface area contributed by atoms with Crippen LogP contribution >= 0.6 is 65.3 Å². The Morgan fingerprint density at radius 3 is 2.24 bits per heavy atom. The molecule has 12 bridgehead atoms. The highest BCUT2D eigenvalue weighted by Crippen LogP contribution is 2.44.